The molecule has 5 rings (SSSR count). The number of hydrogen-bond donors (Lipinski definition) is 4. The maximum Gasteiger partial charge on any atom is 0.222 e. The molecule has 1 aliphatic heterocycles. The third-order valence-corrected chi connectivity index (χ3v) is 7.35. The predicted octanol–water partition coefficient (Wildman–Crippen LogP) is 3.42. The van der Waals surface area contributed by atoms with E-state index in [0.29, 0.717) is 30.2 Å². The summed E-state index contributed by atoms with van der Waals surface area (Å²) in [5.74, 6) is 1.47. The number of H-pyrrole nitrogens is 1. The third kappa shape index (κ3) is 4.89. The number of amides is 1. The van der Waals surface area contributed by atoms with Gasteiger partial charge in [0.2, 0.25) is 5.91 Å². The summed E-state index contributed by atoms with van der Waals surface area (Å²) in [6.45, 7) is 1.45. The van der Waals surface area contributed by atoms with E-state index in [0.717, 1.165) is 35.5 Å². The minimum absolute atomic E-state index is 0.0221. The second-order valence-corrected chi connectivity index (χ2v) is 10.1. The molecule has 5 N–H and O–H groups in total. The molecule has 1 aromatic carbocycles. The van der Waals surface area contributed by atoms with Gasteiger partial charge in [-0.1, -0.05) is 23.7 Å². The average Bonchev–Trinajstić information content (AvgIpc) is 3.57. The average molecular weight is 483 g/mol. The van der Waals surface area contributed by atoms with Gasteiger partial charge in [-0.25, -0.2) is 9.97 Å². The van der Waals surface area contributed by atoms with Crippen molar-refractivity contribution in [2.75, 3.05) is 24.6 Å². The van der Waals surface area contributed by atoms with Crippen LogP contribution in [0.5, 0.6) is 0 Å². The van der Waals surface area contributed by atoms with Crippen LogP contribution < -0.4 is 16.0 Å². The van der Waals surface area contributed by atoms with Crippen LogP contribution in [0.25, 0.3) is 11.0 Å². The lowest BCUT2D eigenvalue weighted by Crippen LogP contribution is -2.53. The van der Waals surface area contributed by atoms with Gasteiger partial charge in [-0.15, -0.1) is 0 Å². The molecule has 1 atom stereocenters. The van der Waals surface area contributed by atoms with Crippen LogP contribution in [0, 0.1) is 0 Å². The van der Waals surface area contributed by atoms with Crippen molar-refractivity contribution in [3.05, 3.63) is 52.9 Å². The van der Waals surface area contributed by atoms with Crippen LogP contribution >= 0.6 is 11.6 Å². The summed E-state index contributed by atoms with van der Waals surface area (Å²) in [6.07, 6.45) is 8.19. The van der Waals surface area contributed by atoms with Gasteiger partial charge in [0.25, 0.3) is 0 Å². The van der Waals surface area contributed by atoms with Crippen molar-refractivity contribution in [2.45, 2.75) is 56.0 Å². The predicted molar refractivity (Wildman–Crippen MR) is 133 cm³/mol. The first-order chi connectivity index (χ1) is 16.5. The Hall–Kier alpha value is -2.68. The Balaban J connectivity index is 1.23. The molecule has 2 fully saturated rings. The number of piperidine rings is 1. The van der Waals surface area contributed by atoms with E-state index in [2.05, 4.69) is 31.4 Å². The number of carbonyl (C=O) groups excluding carboxylic acids is 1. The number of hydrogen-bond acceptors (Lipinski definition) is 6. The highest BCUT2D eigenvalue weighted by Crippen LogP contribution is 2.45. The number of nitrogens with one attached hydrogen (secondary N) is 2. The summed E-state index contributed by atoms with van der Waals surface area (Å²) in [5, 5.41) is 14.3. The highest BCUT2D eigenvalue weighted by Gasteiger charge is 2.35. The lowest BCUT2D eigenvalue weighted by atomic mass is 9.85. The smallest absolute Gasteiger partial charge is 0.222 e. The molecule has 3 aromatic rings. The number of fused-ring (bicyclic) bond motifs is 1. The molecule has 180 valence electrons. The van der Waals surface area contributed by atoms with E-state index in [1.54, 1.807) is 18.5 Å². The summed E-state index contributed by atoms with van der Waals surface area (Å²) in [5.41, 5.74) is 9.23. The normalized spacial score (nSPS) is 18.7. The maximum atomic E-state index is 12.9. The fourth-order valence-corrected chi connectivity index (χ4v) is 5.10. The minimum atomic E-state index is -0.575. The Morgan fingerprint density at radius 1 is 1.26 bits per heavy atom. The number of rotatable bonds is 8. The maximum absolute atomic E-state index is 12.9. The van der Waals surface area contributed by atoms with Crippen LogP contribution in [0.4, 0.5) is 5.82 Å². The van der Waals surface area contributed by atoms with E-state index in [9.17, 15) is 9.90 Å². The van der Waals surface area contributed by atoms with E-state index < -0.39 is 5.54 Å². The van der Waals surface area contributed by atoms with Crippen molar-refractivity contribution in [3.63, 3.8) is 0 Å². The largest absolute Gasteiger partial charge is 0.396 e. The fraction of sp³-hybridized carbons (Fsp3) is 0.480. The summed E-state index contributed by atoms with van der Waals surface area (Å²) >= 11 is 5.99. The van der Waals surface area contributed by atoms with Crippen molar-refractivity contribution in [3.8, 4) is 0 Å². The summed E-state index contributed by atoms with van der Waals surface area (Å²) in [6, 6.07) is 7.05. The Morgan fingerprint density at radius 3 is 2.68 bits per heavy atom. The van der Waals surface area contributed by atoms with E-state index in [4.69, 9.17) is 17.3 Å². The van der Waals surface area contributed by atoms with Crippen molar-refractivity contribution in [2.24, 2.45) is 5.73 Å². The standard InChI is InChI=1S/C25H31ClN6O2/c26-18-5-3-17(4-6-18)20(7-12-33)31-21(34)13-25(27)8-10-32(11-9-25)24-22-19(16-1-2-16)14-28-23(22)29-15-30-24/h3-6,14-16,20,33H,1-2,7-13,27H2,(H,31,34)(H,28,29,30)/t20-/m0/s1. The number of aromatic nitrogens is 3. The van der Waals surface area contributed by atoms with Gasteiger partial charge in [0.15, 0.2) is 0 Å². The molecule has 0 unspecified atom stereocenters. The lowest BCUT2D eigenvalue weighted by molar-refractivity contribution is -0.123. The summed E-state index contributed by atoms with van der Waals surface area (Å²) < 4.78 is 0. The molecule has 8 nitrogen and oxygen atoms in total. The first-order valence-corrected chi connectivity index (χ1v) is 12.3. The molecule has 1 amide bonds. The van der Waals surface area contributed by atoms with Crippen LogP contribution in [0.15, 0.2) is 36.8 Å². The Labute approximate surface area is 203 Å². The summed E-state index contributed by atoms with van der Waals surface area (Å²) in [4.78, 5) is 27.5. The van der Waals surface area contributed by atoms with Gasteiger partial charge < -0.3 is 26.0 Å². The number of benzene rings is 1. The molecule has 1 saturated carbocycles. The van der Waals surface area contributed by atoms with E-state index in [1.165, 1.54) is 18.4 Å². The van der Waals surface area contributed by atoms with Crippen molar-refractivity contribution in [1.29, 1.82) is 0 Å². The highest BCUT2D eigenvalue weighted by molar-refractivity contribution is 6.30. The van der Waals surface area contributed by atoms with Crippen molar-refractivity contribution >= 4 is 34.4 Å². The van der Waals surface area contributed by atoms with E-state index in [-0.39, 0.29) is 25.0 Å². The molecular formula is C25H31ClN6O2. The van der Waals surface area contributed by atoms with Crippen LogP contribution in [-0.4, -0.2) is 51.2 Å². The number of aliphatic hydroxyl groups excluding tert-OH is 1. The molecule has 2 aromatic heterocycles. The molecular weight excluding hydrogens is 452 g/mol. The SMILES string of the molecule is NC1(CC(=O)N[C@@H](CCO)c2ccc(Cl)cc2)CCN(c2ncnc3[nH]cc(C4CC4)c23)CC1. The molecule has 2 aliphatic rings. The first-order valence-electron chi connectivity index (χ1n) is 12.0. The van der Waals surface area contributed by atoms with Crippen LogP contribution in [0.3, 0.4) is 0 Å². The zero-order valence-electron chi connectivity index (χ0n) is 19.1. The fourth-order valence-electron chi connectivity index (χ4n) is 4.98. The van der Waals surface area contributed by atoms with Crippen LogP contribution in [0.2, 0.25) is 5.02 Å². The molecule has 3 heterocycles. The van der Waals surface area contributed by atoms with Crippen LogP contribution in [0.1, 0.15) is 61.6 Å². The van der Waals surface area contributed by atoms with Crippen molar-refractivity contribution in [1.82, 2.24) is 20.3 Å². The number of aliphatic hydroxyl groups is 1. The second kappa shape index (κ2) is 9.52. The number of halogens is 1. The Kier molecular flexibility index (Phi) is 6.46. The number of aromatic amines is 1. The van der Waals surface area contributed by atoms with Gasteiger partial charge in [-0.3, -0.25) is 4.79 Å². The monoisotopic (exact) mass is 482 g/mol. The number of carbonyl (C=O) groups is 1. The zero-order valence-corrected chi connectivity index (χ0v) is 19.9. The summed E-state index contributed by atoms with van der Waals surface area (Å²) in [7, 11) is 0. The molecule has 1 saturated heterocycles. The van der Waals surface area contributed by atoms with E-state index >= 15 is 0 Å². The quantitative estimate of drug-likeness (QED) is 0.390. The van der Waals surface area contributed by atoms with Gasteiger partial charge in [-0.05, 0) is 61.3 Å². The number of nitrogens with zero attached hydrogens (tertiary/aromatic N) is 3. The highest BCUT2D eigenvalue weighted by atomic mass is 35.5. The van der Waals surface area contributed by atoms with E-state index in [1.807, 2.05) is 12.1 Å². The number of anilines is 1. The molecule has 0 radical (unpaired) electrons. The van der Waals surface area contributed by atoms with Gasteiger partial charge in [0.05, 0.1) is 11.4 Å². The Morgan fingerprint density at radius 2 is 2.00 bits per heavy atom. The van der Waals surface area contributed by atoms with Gasteiger partial charge in [0, 0.05) is 42.9 Å². The van der Waals surface area contributed by atoms with Crippen molar-refractivity contribution < 1.29 is 9.90 Å². The minimum Gasteiger partial charge on any atom is -0.396 e. The van der Waals surface area contributed by atoms with Gasteiger partial charge in [-0.2, -0.15) is 0 Å². The van der Waals surface area contributed by atoms with Gasteiger partial charge in [0.1, 0.15) is 17.8 Å². The Bertz CT molecular complexity index is 1150. The first kappa shape index (κ1) is 23.1. The molecule has 1 aliphatic carbocycles. The number of nitrogens with two attached hydrogens (primary N) is 1. The molecule has 9 heteroatoms. The third-order valence-electron chi connectivity index (χ3n) is 7.09. The zero-order chi connectivity index (χ0) is 23.7. The van der Waals surface area contributed by atoms with Crippen LogP contribution in [-0.2, 0) is 4.79 Å². The molecule has 34 heavy (non-hydrogen) atoms. The van der Waals surface area contributed by atoms with Gasteiger partial charge >= 0.3 is 0 Å². The second-order valence-electron chi connectivity index (χ2n) is 9.65. The lowest BCUT2D eigenvalue weighted by Gasteiger charge is -2.39. The molecule has 0 spiro atoms. The molecule has 0 bridgehead atoms. The topological polar surface area (TPSA) is 120 Å².